The fourth-order valence-electron chi connectivity index (χ4n) is 0.857. The van der Waals surface area contributed by atoms with E-state index in [1.165, 1.54) is 0 Å². The zero-order chi connectivity index (χ0) is 6.97. The van der Waals surface area contributed by atoms with Crippen molar-refractivity contribution in [3.8, 4) is 0 Å². The molecule has 0 radical (unpaired) electrons. The molecule has 0 unspecified atom stereocenters. The average molecular weight is 138 g/mol. The van der Waals surface area contributed by atoms with Gasteiger partial charge in [0.2, 0.25) is 0 Å². The van der Waals surface area contributed by atoms with E-state index < -0.39 is 0 Å². The number of imidazole rings is 1. The summed E-state index contributed by atoms with van der Waals surface area (Å²) in [5.74, 6) is 0. The Balaban J connectivity index is 2.76. The highest BCUT2D eigenvalue weighted by Crippen LogP contribution is 1.97. The van der Waals surface area contributed by atoms with Crippen LogP contribution >= 0.6 is 0 Å². The van der Waals surface area contributed by atoms with E-state index in [1.54, 1.807) is 34.9 Å². The summed E-state index contributed by atoms with van der Waals surface area (Å²) in [5, 5.41) is 7.44. The van der Waals surface area contributed by atoms with Crippen LogP contribution in [0.15, 0.2) is 18.6 Å². The molecular formula is C5H6N4O. The van der Waals surface area contributed by atoms with E-state index in [4.69, 9.17) is 4.84 Å². The van der Waals surface area contributed by atoms with Crippen molar-refractivity contribution in [3.05, 3.63) is 18.6 Å². The minimum absolute atomic E-state index is 0.822. The second-order valence-electron chi connectivity index (χ2n) is 1.84. The third-order valence-corrected chi connectivity index (χ3v) is 1.32. The van der Waals surface area contributed by atoms with Crippen LogP contribution in [0.3, 0.4) is 0 Å². The van der Waals surface area contributed by atoms with Crippen LogP contribution in [-0.4, -0.2) is 26.7 Å². The van der Waals surface area contributed by atoms with Crippen molar-refractivity contribution < 1.29 is 4.84 Å². The lowest BCUT2D eigenvalue weighted by Crippen LogP contribution is -2.02. The molecule has 0 saturated carbocycles. The van der Waals surface area contributed by atoms with Gasteiger partial charge in [-0.25, -0.2) is 0 Å². The van der Waals surface area contributed by atoms with Crippen molar-refractivity contribution in [2.24, 2.45) is 0 Å². The standard InChI is InChI=1S/C5H6N4O/c1-10-9-3-2-8-5(9)4-6-7-8/h2-4H,1H3. The fourth-order valence-corrected chi connectivity index (χ4v) is 0.857. The zero-order valence-electron chi connectivity index (χ0n) is 5.43. The highest BCUT2D eigenvalue weighted by molar-refractivity contribution is 5.33. The van der Waals surface area contributed by atoms with Gasteiger partial charge in [0.05, 0.1) is 18.6 Å². The maximum Gasteiger partial charge on any atom is 0.191 e. The van der Waals surface area contributed by atoms with Gasteiger partial charge >= 0.3 is 0 Å². The predicted octanol–water partition coefficient (Wildman–Crippen LogP) is -0.411. The Morgan fingerprint density at radius 1 is 1.50 bits per heavy atom. The molecule has 2 aromatic heterocycles. The van der Waals surface area contributed by atoms with Crippen LogP contribution in [0.4, 0.5) is 0 Å². The van der Waals surface area contributed by atoms with Crippen LogP contribution in [0.5, 0.6) is 0 Å². The van der Waals surface area contributed by atoms with E-state index in [-0.39, 0.29) is 0 Å². The van der Waals surface area contributed by atoms with Gasteiger partial charge in [0.1, 0.15) is 7.11 Å². The summed E-state index contributed by atoms with van der Waals surface area (Å²) in [6.07, 6.45) is 5.17. The maximum atomic E-state index is 4.94. The normalized spacial score (nSPS) is 10.5. The van der Waals surface area contributed by atoms with E-state index in [2.05, 4.69) is 10.3 Å². The Hall–Kier alpha value is -1.52. The van der Waals surface area contributed by atoms with Crippen LogP contribution in [0.2, 0.25) is 0 Å². The van der Waals surface area contributed by atoms with Crippen molar-refractivity contribution in [1.29, 1.82) is 0 Å². The lowest BCUT2D eigenvalue weighted by atomic mass is 10.8. The molecule has 0 spiro atoms. The minimum atomic E-state index is 0.822. The average Bonchev–Trinajstić information content (AvgIpc) is 2.44. The van der Waals surface area contributed by atoms with Gasteiger partial charge in [0.25, 0.3) is 0 Å². The Kier molecular flexibility index (Phi) is 0.913. The molecule has 0 saturated heterocycles. The molecule has 0 aromatic carbocycles. The van der Waals surface area contributed by atoms with E-state index in [1.807, 2.05) is 0 Å². The molecule has 2 heterocycles. The number of rotatable bonds is 1. The molecule has 0 atom stereocenters. The molecule has 0 aliphatic carbocycles. The van der Waals surface area contributed by atoms with Gasteiger partial charge in [-0.2, -0.15) is 9.25 Å². The molecule has 52 valence electrons. The van der Waals surface area contributed by atoms with Gasteiger partial charge in [-0.3, -0.25) is 0 Å². The van der Waals surface area contributed by atoms with Crippen molar-refractivity contribution in [2.45, 2.75) is 0 Å². The molecule has 5 heteroatoms. The number of aromatic nitrogens is 4. The first-order valence-corrected chi connectivity index (χ1v) is 2.83. The second-order valence-corrected chi connectivity index (χ2v) is 1.84. The molecule has 0 fully saturated rings. The first kappa shape index (κ1) is 5.28. The van der Waals surface area contributed by atoms with Gasteiger partial charge in [-0.1, -0.05) is 5.21 Å². The van der Waals surface area contributed by atoms with Gasteiger partial charge in [-0.15, -0.1) is 5.10 Å². The Bertz CT molecular complexity index is 336. The number of hydrogen-bond donors (Lipinski definition) is 0. The number of hydrogen-bond acceptors (Lipinski definition) is 3. The van der Waals surface area contributed by atoms with E-state index in [9.17, 15) is 0 Å². The lowest BCUT2D eigenvalue weighted by molar-refractivity contribution is 0.178. The molecule has 0 aliphatic heterocycles. The molecule has 0 N–H and O–H groups in total. The summed E-state index contributed by atoms with van der Waals surface area (Å²) in [7, 11) is 1.59. The first-order chi connectivity index (χ1) is 4.92. The summed E-state index contributed by atoms with van der Waals surface area (Å²) in [5.41, 5.74) is 0.822. The highest BCUT2D eigenvalue weighted by Gasteiger charge is 1.98. The SMILES string of the molecule is COn1ccn2nncc12. The topological polar surface area (TPSA) is 44.4 Å². The van der Waals surface area contributed by atoms with Crippen LogP contribution in [0.25, 0.3) is 5.65 Å². The van der Waals surface area contributed by atoms with Gasteiger partial charge < -0.3 is 4.84 Å². The number of fused-ring (bicyclic) bond motifs is 1. The van der Waals surface area contributed by atoms with Gasteiger partial charge in [-0.05, 0) is 0 Å². The predicted molar refractivity (Wildman–Crippen MR) is 33.5 cm³/mol. The molecule has 2 rings (SSSR count). The Morgan fingerprint density at radius 2 is 2.40 bits per heavy atom. The molecular weight excluding hydrogens is 132 g/mol. The first-order valence-electron chi connectivity index (χ1n) is 2.83. The molecule has 2 aromatic rings. The maximum absolute atomic E-state index is 4.94. The number of nitrogens with zero attached hydrogens (tertiary/aromatic N) is 4. The van der Waals surface area contributed by atoms with Crippen LogP contribution in [0, 0.1) is 0 Å². The largest absolute Gasteiger partial charge is 0.416 e. The van der Waals surface area contributed by atoms with E-state index in [0.29, 0.717) is 0 Å². The Morgan fingerprint density at radius 3 is 3.20 bits per heavy atom. The molecule has 0 aliphatic rings. The van der Waals surface area contributed by atoms with Crippen molar-refractivity contribution in [2.75, 3.05) is 7.11 Å². The molecule has 0 bridgehead atoms. The Labute approximate surface area is 56.8 Å². The van der Waals surface area contributed by atoms with Gasteiger partial charge in [0.15, 0.2) is 5.65 Å². The van der Waals surface area contributed by atoms with Gasteiger partial charge in [0, 0.05) is 0 Å². The molecule has 10 heavy (non-hydrogen) atoms. The molecule has 0 amide bonds. The highest BCUT2D eigenvalue weighted by atomic mass is 16.6. The monoisotopic (exact) mass is 138 g/mol. The zero-order valence-corrected chi connectivity index (χ0v) is 5.43. The lowest BCUT2D eigenvalue weighted by Gasteiger charge is -1.95. The van der Waals surface area contributed by atoms with Crippen molar-refractivity contribution in [1.82, 2.24) is 19.6 Å². The minimum Gasteiger partial charge on any atom is -0.416 e. The quantitative estimate of drug-likeness (QED) is 0.538. The molecule has 5 nitrogen and oxygen atoms in total. The van der Waals surface area contributed by atoms with Crippen LogP contribution in [-0.2, 0) is 0 Å². The van der Waals surface area contributed by atoms with Crippen LogP contribution in [0.1, 0.15) is 0 Å². The third-order valence-electron chi connectivity index (χ3n) is 1.32. The summed E-state index contributed by atoms with van der Waals surface area (Å²) >= 11 is 0. The van der Waals surface area contributed by atoms with Crippen molar-refractivity contribution in [3.63, 3.8) is 0 Å². The van der Waals surface area contributed by atoms with Crippen molar-refractivity contribution >= 4 is 5.65 Å². The summed E-state index contributed by atoms with van der Waals surface area (Å²) in [6, 6.07) is 0. The smallest absolute Gasteiger partial charge is 0.191 e. The van der Waals surface area contributed by atoms with Crippen LogP contribution < -0.4 is 4.84 Å². The summed E-state index contributed by atoms with van der Waals surface area (Å²) in [6.45, 7) is 0. The van der Waals surface area contributed by atoms with E-state index >= 15 is 0 Å². The third kappa shape index (κ3) is 0.513. The summed E-state index contributed by atoms with van der Waals surface area (Å²) in [4.78, 5) is 4.94. The summed E-state index contributed by atoms with van der Waals surface area (Å²) < 4.78 is 3.21. The van der Waals surface area contributed by atoms with E-state index in [0.717, 1.165) is 5.65 Å². The fraction of sp³-hybridized carbons (Fsp3) is 0.200. The second kappa shape index (κ2) is 1.73.